The van der Waals surface area contributed by atoms with E-state index >= 15 is 0 Å². The highest BCUT2D eigenvalue weighted by atomic mass is 16.5. The van der Waals surface area contributed by atoms with Crippen molar-refractivity contribution in [3.8, 4) is 0 Å². The molecule has 0 radical (unpaired) electrons. The van der Waals surface area contributed by atoms with Crippen molar-refractivity contribution < 1.29 is 14.6 Å². The monoisotopic (exact) mass is 265 g/mol. The predicted molar refractivity (Wildman–Crippen MR) is 76.5 cm³/mol. The average molecular weight is 265 g/mol. The van der Waals surface area contributed by atoms with Crippen LogP contribution >= 0.6 is 0 Å². The van der Waals surface area contributed by atoms with Gasteiger partial charge in [0.2, 0.25) is 0 Å². The van der Waals surface area contributed by atoms with Crippen LogP contribution in [0.4, 0.5) is 5.69 Å². The number of hydrogen-bond donors (Lipinski definition) is 2. The molecule has 1 atom stereocenters. The van der Waals surface area contributed by atoms with Gasteiger partial charge < -0.3 is 15.2 Å². The van der Waals surface area contributed by atoms with Gasteiger partial charge in [-0.05, 0) is 39.8 Å². The largest absolute Gasteiger partial charge is 0.480 e. The lowest BCUT2D eigenvalue weighted by Crippen LogP contribution is -2.49. The molecule has 0 spiro atoms. The molecule has 19 heavy (non-hydrogen) atoms. The zero-order valence-corrected chi connectivity index (χ0v) is 12.3. The third-order valence-electron chi connectivity index (χ3n) is 3.28. The Morgan fingerprint density at radius 2 is 1.79 bits per heavy atom. The molecule has 0 amide bonds. The molecule has 4 nitrogen and oxygen atoms in total. The smallest absolute Gasteiger partial charge is 0.329 e. The summed E-state index contributed by atoms with van der Waals surface area (Å²) >= 11 is 0. The van der Waals surface area contributed by atoms with Crippen molar-refractivity contribution in [1.82, 2.24) is 0 Å². The SMILES string of the molecule is COC(C)(C)CC(C)(Nc1ccc(C)cc1)C(=O)O. The van der Waals surface area contributed by atoms with E-state index in [2.05, 4.69) is 5.32 Å². The van der Waals surface area contributed by atoms with Crippen molar-refractivity contribution in [2.45, 2.75) is 45.3 Å². The van der Waals surface area contributed by atoms with E-state index in [-0.39, 0.29) is 0 Å². The summed E-state index contributed by atoms with van der Waals surface area (Å²) in [6.45, 7) is 7.43. The maximum atomic E-state index is 11.6. The molecule has 1 unspecified atom stereocenters. The first-order valence-corrected chi connectivity index (χ1v) is 6.32. The van der Waals surface area contributed by atoms with E-state index in [1.54, 1.807) is 14.0 Å². The lowest BCUT2D eigenvalue weighted by Gasteiger charge is -2.35. The van der Waals surface area contributed by atoms with Gasteiger partial charge in [-0.1, -0.05) is 17.7 Å². The number of aryl methyl sites for hydroxylation is 1. The van der Waals surface area contributed by atoms with Crippen molar-refractivity contribution in [2.75, 3.05) is 12.4 Å². The van der Waals surface area contributed by atoms with Gasteiger partial charge in [0.15, 0.2) is 0 Å². The first kappa shape index (κ1) is 15.5. The molecule has 1 aromatic rings. The lowest BCUT2D eigenvalue weighted by molar-refractivity contribution is -0.144. The highest BCUT2D eigenvalue weighted by molar-refractivity contribution is 5.82. The first-order valence-electron chi connectivity index (χ1n) is 6.32. The van der Waals surface area contributed by atoms with Crippen LogP contribution in [0.2, 0.25) is 0 Å². The Bertz CT molecular complexity index is 439. The Kier molecular flexibility index (Phi) is 4.58. The topological polar surface area (TPSA) is 58.6 Å². The molecule has 0 heterocycles. The van der Waals surface area contributed by atoms with Crippen LogP contribution in [0.25, 0.3) is 0 Å². The Morgan fingerprint density at radius 1 is 1.26 bits per heavy atom. The Morgan fingerprint density at radius 3 is 2.21 bits per heavy atom. The molecule has 1 rings (SSSR count). The number of benzene rings is 1. The molecule has 0 aliphatic rings. The minimum absolute atomic E-state index is 0.361. The number of methoxy groups -OCH3 is 1. The van der Waals surface area contributed by atoms with Gasteiger partial charge in [-0.3, -0.25) is 0 Å². The van der Waals surface area contributed by atoms with Gasteiger partial charge in [0.25, 0.3) is 0 Å². The molecule has 0 saturated heterocycles. The summed E-state index contributed by atoms with van der Waals surface area (Å²) in [6, 6.07) is 7.67. The molecule has 0 saturated carbocycles. The number of anilines is 1. The molecule has 0 aliphatic heterocycles. The number of aliphatic carboxylic acids is 1. The molecule has 2 N–H and O–H groups in total. The van der Waals surface area contributed by atoms with Gasteiger partial charge >= 0.3 is 5.97 Å². The molecule has 106 valence electrons. The summed E-state index contributed by atoms with van der Waals surface area (Å²) in [5, 5.41) is 12.6. The third-order valence-corrected chi connectivity index (χ3v) is 3.28. The molecule has 0 fully saturated rings. The maximum Gasteiger partial charge on any atom is 0.329 e. The lowest BCUT2D eigenvalue weighted by atomic mass is 9.87. The van der Waals surface area contributed by atoms with Crippen LogP contribution in [0, 0.1) is 6.92 Å². The van der Waals surface area contributed by atoms with Crippen LogP contribution < -0.4 is 5.32 Å². The van der Waals surface area contributed by atoms with Crippen molar-refractivity contribution in [2.24, 2.45) is 0 Å². The zero-order chi connectivity index (χ0) is 14.7. The van der Waals surface area contributed by atoms with Crippen molar-refractivity contribution >= 4 is 11.7 Å². The number of carboxylic acids is 1. The Hall–Kier alpha value is -1.55. The normalized spacial score (nSPS) is 14.8. The Labute approximate surface area is 114 Å². The Balaban J connectivity index is 2.94. The van der Waals surface area contributed by atoms with Crippen molar-refractivity contribution in [1.29, 1.82) is 0 Å². The third kappa shape index (κ3) is 4.24. The second kappa shape index (κ2) is 5.61. The molecular weight excluding hydrogens is 242 g/mol. The molecular formula is C15H23NO3. The van der Waals surface area contributed by atoms with Gasteiger partial charge in [-0.15, -0.1) is 0 Å². The summed E-state index contributed by atoms with van der Waals surface area (Å²) in [7, 11) is 1.59. The van der Waals surface area contributed by atoms with Gasteiger partial charge in [0, 0.05) is 19.2 Å². The number of hydrogen-bond acceptors (Lipinski definition) is 3. The van der Waals surface area contributed by atoms with Crippen molar-refractivity contribution in [3.63, 3.8) is 0 Å². The summed E-state index contributed by atoms with van der Waals surface area (Å²) in [6.07, 6.45) is 0.361. The van der Waals surface area contributed by atoms with E-state index in [9.17, 15) is 9.90 Å². The highest BCUT2D eigenvalue weighted by Gasteiger charge is 2.39. The van der Waals surface area contributed by atoms with E-state index in [4.69, 9.17) is 4.74 Å². The van der Waals surface area contributed by atoms with Gasteiger partial charge in [-0.25, -0.2) is 4.79 Å². The standard InChI is InChI=1S/C15H23NO3/c1-11-6-8-12(9-7-11)16-15(4,13(17)18)10-14(2,3)19-5/h6-9,16H,10H2,1-5H3,(H,17,18). The molecule has 0 aromatic heterocycles. The van der Waals surface area contributed by atoms with Gasteiger partial charge in [0.05, 0.1) is 5.60 Å². The molecule has 0 aliphatic carbocycles. The summed E-state index contributed by atoms with van der Waals surface area (Å²) in [5.41, 5.74) is 0.349. The molecule has 4 heteroatoms. The van der Waals surface area contributed by atoms with E-state index in [1.165, 1.54) is 0 Å². The first-order chi connectivity index (χ1) is 8.68. The van der Waals surface area contributed by atoms with Crippen LogP contribution in [-0.4, -0.2) is 29.3 Å². The number of ether oxygens (including phenoxy) is 1. The summed E-state index contributed by atoms with van der Waals surface area (Å²) < 4.78 is 5.34. The fourth-order valence-electron chi connectivity index (χ4n) is 2.05. The van der Waals surface area contributed by atoms with E-state index in [1.807, 2.05) is 45.0 Å². The number of carbonyl (C=O) groups is 1. The second-order valence-corrected chi connectivity index (χ2v) is 5.77. The van der Waals surface area contributed by atoms with Gasteiger partial charge in [-0.2, -0.15) is 0 Å². The summed E-state index contributed by atoms with van der Waals surface area (Å²) in [4.78, 5) is 11.6. The quantitative estimate of drug-likeness (QED) is 0.830. The van der Waals surface area contributed by atoms with Crippen molar-refractivity contribution in [3.05, 3.63) is 29.8 Å². The summed E-state index contributed by atoms with van der Waals surface area (Å²) in [5.74, 6) is -0.891. The number of carboxylic acid groups (broad SMARTS) is 1. The molecule has 1 aromatic carbocycles. The maximum absolute atomic E-state index is 11.6. The van der Waals surface area contributed by atoms with Crippen LogP contribution in [0.5, 0.6) is 0 Å². The second-order valence-electron chi connectivity index (χ2n) is 5.77. The van der Waals surface area contributed by atoms with Crippen LogP contribution in [0.15, 0.2) is 24.3 Å². The number of rotatable bonds is 6. The number of nitrogens with one attached hydrogen (secondary N) is 1. The average Bonchev–Trinajstić information content (AvgIpc) is 2.31. The van der Waals surface area contributed by atoms with E-state index in [0.717, 1.165) is 11.3 Å². The van der Waals surface area contributed by atoms with Gasteiger partial charge in [0.1, 0.15) is 5.54 Å². The van der Waals surface area contributed by atoms with E-state index < -0.39 is 17.1 Å². The molecule has 0 bridgehead atoms. The highest BCUT2D eigenvalue weighted by Crippen LogP contribution is 2.27. The van der Waals surface area contributed by atoms with Crippen LogP contribution in [0.3, 0.4) is 0 Å². The fourth-order valence-corrected chi connectivity index (χ4v) is 2.05. The minimum Gasteiger partial charge on any atom is -0.480 e. The van der Waals surface area contributed by atoms with Crippen LogP contribution in [-0.2, 0) is 9.53 Å². The fraction of sp³-hybridized carbons (Fsp3) is 0.533. The zero-order valence-electron chi connectivity index (χ0n) is 12.3. The minimum atomic E-state index is -1.07. The van der Waals surface area contributed by atoms with Crippen LogP contribution in [0.1, 0.15) is 32.8 Å². The van der Waals surface area contributed by atoms with E-state index in [0.29, 0.717) is 6.42 Å². The predicted octanol–water partition coefficient (Wildman–Crippen LogP) is 3.07.